The van der Waals surface area contributed by atoms with Crippen LogP contribution in [0, 0.1) is 0 Å². The summed E-state index contributed by atoms with van der Waals surface area (Å²) in [6, 6.07) is 0. The summed E-state index contributed by atoms with van der Waals surface area (Å²) in [6.45, 7) is -0.339. The van der Waals surface area contributed by atoms with E-state index >= 15 is 0 Å². The molecule has 0 spiro atoms. The minimum atomic E-state index is -5.37. The molecule has 10 atom stereocenters. The van der Waals surface area contributed by atoms with Crippen molar-refractivity contribution in [3.05, 3.63) is 33.4 Å². The molecule has 258 valence electrons. The van der Waals surface area contributed by atoms with Gasteiger partial charge < -0.3 is 53.3 Å². The van der Waals surface area contributed by atoms with Gasteiger partial charge in [-0.3, -0.25) is 37.8 Å². The number of aliphatic imine (C=N–C) groups is 1. The molecule has 3 fully saturated rings. The number of nitrogens with two attached hydrogens (primary N) is 1. The van der Waals surface area contributed by atoms with Gasteiger partial charge in [-0.15, -0.1) is 0 Å². The summed E-state index contributed by atoms with van der Waals surface area (Å²) in [5.74, 6) is -0.404. The Balaban J connectivity index is 1.17. The SMILES string of the molecule is C/C=N\c1nc2c(ncn2[C@@H]2O[C@H]3COP(=O)([O-])O[C@@H]4C(O)[C@H](n5cnc6c(=O)[nH]c(N)nc65)O[C@H]4COP(=O)([O-])OC3[C@@H]2O)c(=O)[nH]1. The molecule has 0 bridgehead atoms. The number of H-pyrrole nitrogens is 2. The zero-order valence-electron chi connectivity index (χ0n) is 24.2. The smallest absolute Gasteiger partial charge is 0.280 e. The lowest BCUT2D eigenvalue weighted by Gasteiger charge is -2.34. The van der Waals surface area contributed by atoms with Gasteiger partial charge in [0.2, 0.25) is 11.9 Å². The summed E-state index contributed by atoms with van der Waals surface area (Å²) < 4.78 is 60.0. The molecular weight excluding hydrogens is 690 g/mol. The van der Waals surface area contributed by atoms with E-state index in [1.807, 2.05) is 0 Å². The molecule has 3 aliphatic heterocycles. The Bertz CT molecular complexity index is 2130. The van der Waals surface area contributed by atoms with E-state index in [2.05, 4.69) is 34.9 Å². The van der Waals surface area contributed by atoms with Crippen LogP contribution in [0.15, 0.2) is 27.2 Å². The Kier molecular flexibility index (Phi) is 8.17. The van der Waals surface area contributed by atoms with Crippen LogP contribution in [0.25, 0.3) is 22.3 Å². The Morgan fingerprint density at radius 1 is 0.896 bits per heavy atom. The van der Waals surface area contributed by atoms with Gasteiger partial charge in [-0.1, -0.05) is 0 Å². The highest BCUT2D eigenvalue weighted by atomic mass is 31.2. The highest BCUT2D eigenvalue weighted by Crippen LogP contribution is 2.50. The van der Waals surface area contributed by atoms with Crippen molar-refractivity contribution in [1.82, 2.24) is 39.0 Å². The molecule has 3 saturated heterocycles. The van der Waals surface area contributed by atoms with Gasteiger partial charge in [0, 0.05) is 6.21 Å². The molecule has 7 heterocycles. The monoisotopic (exact) mass is 714 g/mol. The van der Waals surface area contributed by atoms with Crippen molar-refractivity contribution in [1.29, 1.82) is 0 Å². The number of nitrogens with one attached hydrogen (secondary N) is 2. The summed E-state index contributed by atoms with van der Waals surface area (Å²) in [6.07, 6.45) is -10.1. The zero-order valence-corrected chi connectivity index (χ0v) is 25.9. The van der Waals surface area contributed by atoms with Crippen molar-refractivity contribution in [2.45, 2.75) is 56.0 Å². The largest absolute Gasteiger partial charge is 0.756 e. The van der Waals surface area contributed by atoms with E-state index in [1.54, 1.807) is 6.92 Å². The van der Waals surface area contributed by atoms with E-state index in [0.717, 1.165) is 21.8 Å². The molecule has 7 rings (SSSR count). The fourth-order valence-electron chi connectivity index (χ4n) is 5.53. The van der Waals surface area contributed by atoms with Gasteiger partial charge in [0.15, 0.2) is 34.8 Å². The number of anilines is 1. The molecule has 24 nitrogen and oxygen atoms in total. The van der Waals surface area contributed by atoms with E-state index in [0.29, 0.717) is 0 Å². The van der Waals surface area contributed by atoms with E-state index < -0.39 is 89.1 Å². The van der Waals surface area contributed by atoms with E-state index in [1.165, 1.54) is 6.21 Å². The normalized spacial score (nSPS) is 36.3. The van der Waals surface area contributed by atoms with E-state index in [4.69, 9.17) is 33.3 Å². The molecule has 0 aromatic carbocycles. The third kappa shape index (κ3) is 5.80. The lowest BCUT2D eigenvalue weighted by Crippen LogP contribution is -2.41. The maximum absolute atomic E-state index is 13.0. The predicted octanol–water partition coefficient (Wildman–Crippen LogP) is -3.17. The minimum Gasteiger partial charge on any atom is -0.756 e. The summed E-state index contributed by atoms with van der Waals surface area (Å²) in [5.41, 5.74) is 3.62. The minimum absolute atomic E-state index is 0.107. The van der Waals surface area contributed by atoms with Gasteiger partial charge in [-0.05, 0) is 6.92 Å². The molecule has 4 unspecified atom stereocenters. The summed E-state index contributed by atoms with van der Waals surface area (Å²) in [4.78, 5) is 75.3. The van der Waals surface area contributed by atoms with Gasteiger partial charge in [0.05, 0.1) is 25.9 Å². The van der Waals surface area contributed by atoms with Crippen LogP contribution in [0.3, 0.4) is 0 Å². The van der Waals surface area contributed by atoms with Crippen LogP contribution in [0.2, 0.25) is 0 Å². The maximum Gasteiger partial charge on any atom is 0.280 e. The lowest BCUT2D eigenvalue weighted by molar-refractivity contribution is -0.244. The first-order chi connectivity index (χ1) is 22.7. The Morgan fingerprint density at radius 2 is 1.38 bits per heavy atom. The number of rotatable bonds is 3. The number of hydrogen-bond donors (Lipinski definition) is 5. The number of nitrogens with zero attached hydrogens (tertiary/aromatic N) is 7. The number of ether oxygens (including phenoxy) is 2. The Hall–Kier alpha value is -3.77. The molecule has 0 radical (unpaired) electrons. The van der Waals surface area contributed by atoms with E-state index in [9.17, 15) is 38.7 Å². The van der Waals surface area contributed by atoms with Crippen LogP contribution in [-0.2, 0) is 36.7 Å². The molecule has 4 aromatic heterocycles. The maximum atomic E-state index is 13.0. The Morgan fingerprint density at radius 3 is 1.88 bits per heavy atom. The van der Waals surface area contributed by atoms with Crippen LogP contribution < -0.4 is 26.6 Å². The van der Waals surface area contributed by atoms with Crippen LogP contribution in [0.1, 0.15) is 19.4 Å². The van der Waals surface area contributed by atoms with Gasteiger partial charge >= 0.3 is 0 Å². The molecule has 4 aromatic rings. The number of aliphatic hydroxyl groups excluding tert-OH is 2. The molecule has 3 aliphatic rings. The van der Waals surface area contributed by atoms with Crippen LogP contribution in [0.4, 0.5) is 11.9 Å². The van der Waals surface area contributed by atoms with Crippen LogP contribution >= 0.6 is 15.6 Å². The van der Waals surface area contributed by atoms with Crippen molar-refractivity contribution < 1.29 is 56.7 Å². The number of aromatic amines is 2. The third-order valence-electron chi connectivity index (χ3n) is 7.58. The van der Waals surface area contributed by atoms with Gasteiger partial charge in [0.1, 0.15) is 36.6 Å². The second-order valence-electron chi connectivity index (χ2n) is 10.6. The summed E-state index contributed by atoms with van der Waals surface area (Å²) in [7, 11) is -10.7. The molecule has 48 heavy (non-hydrogen) atoms. The number of hydrogen-bond acceptors (Lipinski definition) is 20. The number of phosphoric acid groups is 2. The molecule has 26 heteroatoms. The molecule has 6 N–H and O–H groups in total. The van der Waals surface area contributed by atoms with Gasteiger partial charge in [0.25, 0.3) is 26.8 Å². The first kappa shape index (κ1) is 32.8. The molecule has 0 amide bonds. The second-order valence-corrected chi connectivity index (χ2v) is 13.3. The highest BCUT2D eigenvalue weighted by Gasteiger charge is 2.51. The highest BCUT2D eigenvalue weighted by molar-refractivity contribution is 7.46. The second kappa shape index (κ2) is 12.0. The van der Waals surface area contributed by atoms with Crippen molar-refractivity contribution in [2.75, 3.05) is 18.9 Å². The van der Waals surface area contributed by atoms with Crippen molar-refractivity contribution >= 4 is 56.1 Å². The number of phosphoric ester groups is 2. The zero-order chi connectivity index (χ0) is 34.1. The molecule has 0 saturated carbocycles. The number of aromatic nitrogens is 8. The average Bonchev–Trinajstić information content (AvgIpc) is 3.76. The number of imidazole rings is 2. The Labute approximate surface area is 265 Å². The predicted molar refractivity (Wildman–Crippen MR) is 151 cm³/mol. The topological polar surface area (TPSA) is 342 Å². The summed E-state index contributed by atoms with van der Waals surface area (Å²) >= 11 is 0. The van der Waals surface area contributed by atoms with Crippen LogP contribution in [-0.4, -0.2) is 105 Å². The van der Waals surface area contributed by atoms with Crippen molar-refractivity contribution in [3.63, 3.8) is 0 Å². The standard InChI is InChI=1S/C22H26N10O14P2/c1-2-24-22-28-16-10(18(36)30-22)26-6-32(16)20-12(34)14-8(44-20)4-42-47(37,38)45-13-7(3-41-48(39,40)46-14)43-19(11(13)33)31-5-25-9-15(31)27-21(23)29-17(9)35/h2,5-8,11-14,19-20,33-34H,3-4H2,1H3,(H,37,38)(H,39,40)(H,28,30,36)(H3,23,27,29,35)/p-2/b24-2-/t7-,8-,11?,12-,13-,14?,19+,20+/m0/s1. The fraction of sp³-hybridized carbons (Fsp3) is 0.500. The van der Waals surface area contributed by atoms with Crippen molar-refractivity contribution in [2.24, 2.45) is 4.99 Å². The number of nitrogen functional groups attached to an aromatic ring is 1. The first-order valence-corrected chi connectivity index (χ1v) is 16.8. The quantitative estimate of drug-likeness (QED) is 0.103. The molecular formula is C22H24N10O14P2-2. The number of fused-ring (bicyclic) bond motifs is 4. The van der Waals surface area contributed by atoms with Gasteiger partial charge in [-0.25, -0.2) is 15.0 Å². The van der Waals surface area contributed by atoms with Gasteiger partial charge in [-0.2, -0.15) is 9.97 Å². The first-order valence-electron chi connectivity index (χ1n) is 13.9. The molecule has 0 aliphatic carbocycles. The average molecular weight is 714 g/mol. The fourth-order valence-corrected chi connectivity index (χ4v) is 7.43. The third-order valence-corrected chi connectivity index (χ3v) is 9.52. The number of aliphatic hydroxyl groups is 2. The van der Waals surface area contributed by atoms with Crippen LogP contribution in [0.5, 0.6) is 0 Å². The summed E-state index contributed by atoms with van der Waals surface area (Å²) in [5, 5.41) is 22.3. The van der Waals surface area contributed by atoms with E-state index in [-0.39, 0.29) is 34.2 Å². The van der Waals surface area contributed by atoms with Crippen molar-refractivity contribution in [3.8, 4) is 0 Å². The lowest BCUT2D eigenvalue weighted by atomic mass is 10.1.